The number of rotatable bonds is 5. The van der Waals surface area contributed by atoms with Crippen LogP contribution in [0.1, 0.15) is 36.0 Å². The van der Waals surface area contributed by atoms with E-state index in [0.717, 1.165) is 32.4 Å². The zero-order valence-electron chi connectivity index (χ0n) is 13.7. The summed E-state index contributed by atoms with van der Waals surface area (Å²) in [6, 6.07) is 6.75. The first-order chi connectivity index (χ1) is 11.6. The third-order valence-corrected chi connectivity index (χ3v) is 5.54. The minimum atomic E-state index is -0.238. The Morgan fingerprint density at radius 1 is 1.17 bits per heavy atom. The van der Waals surface area contributed by atoms with Crippen LogP contribution in [0, 0.1) is 11.3 Å². The van der Waals surface area contributed by atoms with Gasteiger partial charge in [0.2, 0.25) is 5.91 Å². The van der Waals surface area contributed by atoms with Gasteiger partial charge < -0.3 is 16.0 Å². The van der Waals surface area contributed by atoms with Gasteiger partial charge in [-0.2, -0.15) is 0 Å². The summed E-state index contributed by atoms with van der Waals surface area (Å²) in [7, 11) is 0. The molecule has 1 aliphatic heterocycles. The van der Waals surface area contributed by atoms with Gasteiger partial charge in [-0.3, -0.25) is 9.59 Å². The molecule has 1 aromatic rings. The van der Waals surface area contributed by atoms with Crippen LogP contribution in [0.5, 0.6) is 0 Å². The fraction of sp³-hybridized carbons (Fsp3) is 0.556. The lowest BCUT2D eigenvalue weighted by Gasteiger charge is -2.37. The van der Waals surface area contributed by atoms with Gasteiger partial charge in [0.05, 0.1) is 5.41 Å². The van der Waals surface area contributed by atoms with Crippen molar-refractivity contribution in [2.45, 2.75) is 25.7 Å². The molecule has 0 radical (unpaired) electrons. The van der Waals surface area contributed by atoms with Crippen molar-refractivity contribution < 1.29 is 9.59 Å². The molecule has 1 aromatic carbocycles. The lowest BCUT2D eigenvalue weighted by atomic mass is 9.67. The summed E-state index contributed by atoms with van der Waals surface area (Å²) in [5, 5.41) is 9.82. The average Bonchev–Trinajstić information content (AvgIpc) is 3.04. The van der Waals surface area contributed by atoms with E-state index in [-0.39, 0.29) is 17.2 Å². The first-order valence-electron chi connectivity index (χ1n) is 8.65. The zero-order chi connectivity index (χ0) is 17.0. The predicted molar refractivity (Wildman–Crippen MR) is 94.1 cm³/mol. The number of carbonyl (C=O) groups excluding carboxylic acids is 2. The summed E-state index contributed by atoms with van der Waals surface area (Å²) in [4.78, 5) is 24.7. The fourth-order valence-electron chi connectivity index (χ4n) is 3.92. The van der Waals surface area contributed by atoms with Gasteiger partial charge in [-0.25, -0.2) is 0 Å². The van der Waals surface area contributed by atoms with Crippen LogP contribution in [0.25, 0.3) is 0 Å². The summed E-state index contributed by atoms with van der Waals surface area (Å²) >= 11 is 5.81. The predicted octanol–water partition coefficient (Wildman–Crippen LogP) is 1.97. The van der Waals surface area contributed by atoms with Crippen LogP contribution in [0.15, 0.2) is 24.3 Å². The smallest absolute Gasteiger partial charge is 0.251 e. The largest absolute Gasteiger partial charge is 0.354 e. The molecule has 2 amide bonds. The molecule has 1 aliphatic carbocycles. The van der Waals surface area contributed by atoms with Gasteiger partial charge in [-0.1, -0.05) is 24.4 Å². The van der Waals surface area contributed by atoms with Gasteiger partial charge >= 0.3 is 0 Å². The Morgan fingerprint density at radius 2 is 1.92 bits per heavy atom. The van der Waals surface area contributed by atoms with E-state index in [0.29, 0.717) is 29.6 Å². The molecule has 2 aliphatic rings. The van der Waals surface area contributed by atoms with Gasteiger partial charge in [0, 0.05) is 30.2 Å². The second-order valence-corrected chi connectivity index (χ2v) is 7.18. The summed E-state index contributed by atoms with van der Waals surface area (Å²) in [5.41, 5.74) is 0.329. The monoisotopic (exact) mass is 349 g/mol. The molecule has 1 saturated carbocycles. The van der Waals surface area contributed by atoms with Crippen molar-refractivity contribution in [2.75, 3.05) is 26.2 Å². The molecule has 0 bridgehead atoms. The third kappa shape index (κ3) is 3.57. The Bertz CT molecular complexity index is 605. The number of halogens is 1. The van der Waals surface area contributed by atoms with Crippen molar-refractivity contribution in [1.29, 1.82) is 0 Å². The highest BCUT2D eigenvalue weighted by molar-refractivity contribution is 6.30. The van der Waals surface area contributed by atoms with Gasteiger partial charge in [-0.05, 0) is 49.6 Å². The maximum Gasteiger partial charge on any atom is 0.251 e. The average molecular weight is 350 g/mol. The van der Waals surface area contributed by atoms with Crippen molar-refractivity contribution in [3.63, 3.8) is 0 Å². The van der Waals surface area contributed by atoms with Gasteiger partial charge in [-0.15, -0.1) is 0 Å². The van der Waals surface area contributed by atoms with Crippen molar-refractivity contribution in [1.82, 2.24) is 16.0 Å². The number of hydrogen-bond acceptors (Lipinski definition) is 3. The van der Waals surface area contributed by atoms with E-state index in [1.165, 1.54) is 6.42 Å². The Hall–Kier alpha value is -1.59. The summed E-state index contributed by atoms with van der Waals surface area (Å²) in [6.45, 7) is 2.59. The van der Waals surface area contributed by atoms with Crippen LogP contribution in [0.2, 0.25) is 5.02 Å². The van der Waals surface area contributed by atoms with E-state index in [1.807, 2.05) is 0 Å². The normalized spacial score (nSPS) is 25.8. The molecule has 6 heteroatoms. The molecule has 2 fully saturated rings. The SMILES string of the molecule is O=C(NCCNC(=O)[C@@]12CCCC[C@H]1CNC2)c1ccc(Cl)cc1. The Labute approximate surface area is 147 Å². The highest BCUT2D eigenvalue weighted by atomic mass is 35.5. The lowest BCUT2D eigenvalue weighted by Crippen LogP contribution is -2.49. The minimum Gasteiger partial charge on any atom is -0.354 e. The number of fused-ring (bicyclic) bond motifs is 1. The first kappa shape index (κ1) is 17.2. The van der Waals surface area contributed by atoms with Crippen LogP contribution in [-0.2, 0) is 4.79 Å². The Morgan fingerprint density at radius 3 is 2.71 bits per heavy atom. The van der Waals surface area contributed by atoms with E-state index in [2.05, 4.69) is 16.0 Å². The molecule has 1 heterocycles. The van der Waals surface area contributed by atoms with Gasteiger partial charge in [0.1, 0.15) is 0 Å². The molecule has 0 spiro atoms. The van der Waals surface area contributed by atoms with Crippen molar-refractivity contribution in [2.24, 2.45) is 11.3 Å². The molecule has 0 aromatic heterocycles. The van der Waals surface area contributed by atoms with E-state index in [4.69, 9.17) is 11.6 Å². The zero-order valence-corrected chi connectivity index (χ0v) is 14.5. The summed E-state index contributed by atoms with van der Waals surface area (Å²) in [6.07, 6.45) is 4.44. The Kier molecular flexibility index (Phi) is 5.41. The molecule has 24 heavy (non-hydrogen) atoms. The fourth-order valence-corrected chi connectivity index (χ4v) is 4.05. The van der Waals surface area contributed by atoms with Crippen LogP contribution < -0.4 is 16.0 Å². The minimum absolute atomic E-state index is 0.137. The van der Waals surface area contributed by atoms with Crippen molar-refractivity contribution >= 4 is 23.4 Å². The summed E-state index contributed by atoms with van der Waals surface area (Å²) in [5.74, 6) is 0.435. The van der Waals surface area contributed by atoms with Gasteiger partial charge in [0.25, 0.3) is 5.91 Å². The highest BCUT2D eigenvalue weighted by Gasteiger charge is 2.49. The molecular formula is C18H24ClN3O2. The molecular weight excluding hydrogens is 326 g/mol. The molecule has 130 valence electrons. The standard InChI is InChI=1S/C18H24ClN3O2/c19-15-6-4-13(5-7-15)16(23)21-9-10-22-17(24)18-8-2-1-3-14(18)11-20-12-18/h4-7,14,20H,1-3,8-12H2,(H,21,23)(H,22,24)/t14-,18+/m0/s1. The number of carbonyl (C=O) groups is 2. The maximum atomic E-state index is 12.7. The quantitative estimate of drug-likeness (QED) is 0.712. The van der Waals surface area contributed by atoms with E-state index >= 15 is 0 Å². The second-order valence-electron chi connectivity index (χ2n) is 6.75. The molecule has 5 nitrogen and oxygen atoms in total. The maximum absolute atomic E-state index is 12.7. The van der Waals surface area contributed by atoms with Crippen LogP contribution in [0.3, 0.4) is 0 Å². The van der Waals surface area contributed by atoms with Crippen LogP contribution in [-0.4, -0.2) is 38.0 Å². The van der Waals surface area contributed by atoms with Crippen molar-refractivity contribution in [3.05, 3.63) is 34.9 Å². The Balaban J connectivity index is 1.45. The number of benzene rings is 1. The van der Waals surface area contributed by atoms with E-state index < -0.39 is 0 Å². The highest BCUT2D eigenvalue weighted by Crippen LogP contribution is 2.43. The third-order valence-electron chi connectivity index (χ3n) is 5.29. The van der Waals surface area contributed by atoms with E-state index in [9.17, 15) is 9.59 Å². The molecule has 1 saturated heterocycles. The van der Waals surface area contributed by atoms with Gasteiger partial charge in [0.15, 0.2) is 0 Å². The van der Waals surface area contributed by atoms with Crippen LogP contribution >= 0.6 is 11.6 Å². The molecule has 0 unspecified atom stereocenters. The van der Waals surface area contributed by atoms with E-state index in [1.54, 1.807) is 24.3 Å². The molecule has 3 N–H and O–H groups in total. The molecule has 2 atom stereocenters. The number of amides is 2. The number of nitrogens with one attached hydrogen (secondary N) is 3. The summed E-state index contributed by atoms with van der Waals surface area (Å²) < 4.78 is 0. The lowest BCUT2D eigenvalue weighted by molar-refractivity contribution is -0.133. The van der Waals surface area contributed by atoms with Crippen molar-refractivity contribution in [3.8, 4) is 0 Å². The first-order valence-corrected chi connectivity index (χ1v) is 9.02. The topological polar surface area (TPSA) is 70.2 Å². The number of hydrogen-bond donors (Lipinski definition) is 3. The second kappa shape index (κ2) is 7.53. The van der Waals surface area contributed by atoms with Crippen LogP contribution in [0.4, 0.5) is 0 Å². The molecule has 3 rings (SSSR count).